The third-order valence-corrected chi connectivity index (χ3v) is 7.69. The summed E-state index contributed by atoms with van der Waals surface area (Å²) in [4.78, 5) is 29.9. The fourth-order valence-electron chi connectivity index (χ4n) is 5.76. The fourth-order valence-corrected chi connectivity index (χ4v) is 5.76. The van der Waals surface area contributed by atoms with Crippen molar-refractivity contribution in [2.24, 2.45) is 0 Å². The molecule has 174 valence electrons. The first-order valence-corrected chi connectivity index (χ1v) is 12.3. The average molecular weight is 447 g/mol. The van der Waals surface area contributed by atoms with Crippen molar-refractivity contribution in [3.8, 4) is 5.69 Å². The minimum absolute atomic E-state index is 0.0369. The van der Waals surface area contributed by atoms with Gasteiger partial charge in [-0.3, -0.25) is 9.59 Å². The van der Waals surface area contributed by atoms with E-state index >= 15 is 0 Å². The molecule has 0 radical (unpaired) electrons. The van der Waals surface area contributed by atoms with Gasteiger partial charge in [-0.15, -0.1) is 0 Å². The summed E-state index contributed by atoms with van der Waals surface area (Å²) < 4.78 is 4.11. The molecule has 5 rings (SSSR count). The highest BCUT2D eigenvalue weighted by molar-refractivity contribution is 6.09. The standard InChI is InChI=1S/C27H34N4O2/c1-5-19(3)31-25(32)24-23(29-14-8-9-15-29)21-16-18(2)12-13-22(21)30(24)17-27(31,4)26(33)28-20-10-6-7-11-20/h8-9,12-16,19-20H,5-7,10-11,17H2,1-4H3,(H,28,33). The molecule has 1 fully saturated rings. The Labute approximate surface area is 195 Å². The van der Waals surface area contributed by atoms with E-state index in [9.17, 15) is 9.59 Å². The van der Waals surface area contributed by atoms with E-state index in [4.69, 9.17) is 0 Å². The van der Waals surface area contributed by atoms with Gasteiger partial charge in [0.05, 0.1) is 17.7 Å². The van der Waals surface area contributed by atoms with Crippen molar-refractivity contribution in [3.05, 3.63) is 54.0 Å². The Bertz CT molecular complexity index is 1200. The Hall–Kier alpha value is -3.02. The van der Waals surface area contributed by atoms with Crippen LogP contribution < -0.4 is 5.32 Å². The molecule has 0 bridgehead atoms. The molecule has 1 saturated carbocycles. The van der Waals surface area contributed by atoms with Crippen molar-refractivity contribution in [2.45, 2.75) is 84.0 Å². The van der Waals surface area contributed by atoms with Crippen LogP contribution in [-0.4, -0.2) is 43.5 Å². The summed E-state index contributed by atoms with van der Waals surface area (Å²) in [5.41, 5.74) is 2.75. The minimum atomic E-state index is -0.951. The van der Waals surface area contributed by atoms with E-state index in [-0.39, 0.29) is 23.9 Å². The third-order valence-electron chi connectivity index (χ3n) is 7.69. The van der Waals surface area contributed by atoms with E-state index in [2.05, 4.69) is 48.9 Å². The largest absolute Gasteiger partial charge is 0.351 e. The highest BCUT2D eigenvalue weighted by Crippen LogP contribution is 2.39. The zero-order chi connectivity index (χ0) is 23.3. The number of aryl methyl sites for hydroxylation is 1. The molecule has 2 amide bonds. The number of nitrogens with zero attached hydrogens (tertiary/aromatic N) is 3. The van der Waals surface area contributed by atoms with E-state index in [1.165, 1.54) is 0 Å². The van der Waals surface area contributed by atoms with Gasteiger partial charge in [-0.25, -0.2) is 0 Å². The molecule has 1 N–H and O–H groups in total. The van der Waals surface area contributed by atoms with Gasteiger partial charge in [0, 0.05) is 29.9 Å². The molecule has 6 heteroatoms. The predicted octanol–water partition coefficient (Wildman–Crippen LogP) is 4.81. The number of carbonyl (C=O) groups is 2. The average Bonchev–Trinajstić information content (AvgIpc) is 3.54. The quantitative estimate of drug-likeness (QED) is 0.611. The topological polar surface area (TPSA) is 59.3 Å². The van der Waals surface area contributed by atoms with Gasteiger partial charge in [0.25, 0.3) is 5.91 Å². The van der Waals surface area contributed by atoms with Gasteiger partial charge in [0.15, 0.2) is 0 Å². The molecule has 2 unspecified atom stereocenters. The lowest BCUT2D eigenvalue weighted by molar-refractivity contribution is -0.134. The molecule has 1 aromatic carbocycles. The number of hydrogen-bond donors (Lipinski definition) is 1. The van der Waals surface area contributed by atoms with E-state index < -0.39 is 5.54 Å². The van der Waals surface area contributed by atoms with E-state index in [0.29, 0.717) is 12.2 Å². The van der Waals surface area contributed by atoms with E-state index in [1.54, 1.807) is 0 Å². The highest BCUT2D eigenvalue weighted by Gasteiger charge is 2.50. The smallest absolute Gasteiger partial charge is 0.273 e. The third kappa shape index (κ3) is 3.38. The molecule has 3 heterocycles. The molecule has 0 spiro atoms. The summed E-state index contributed by atoms with van der Waals surface area (Å²) in [6, 6.07) is 10.4. The van der Waals surface area contributed by atoms with Gasteiger partial charge >= 0.3 is 0 Å². The molecule has 0 saturated heterocycles. The predicted molar refractivity (Wildman–Crippen MR) is 131 cm³/mol. The van der Waals surface area contributed by atoms with Gasteiger partial charge in [-0.05, 0) is 64.3 Å². The van der Waals surface area contributed by atoms with Crippen LogP contribution in [0.15, 0.2) is 42.7 Å². The van der Waals surface area contributed by atoms with E-state index in [1.807, 2.05) is 40.9 Å². The summed E-state index contributed by atoms with van der Waals surface area (Å²) in [5.74, 6) is -0.109. The Morgan fingerprint density at radius 2 is 1.91 bits per heavy atom. The van der Waals surface area contributed by atoms with Crippen molar-refractivity contribution < 1.29 is 9.59 Å². The van der Waals surface area contributed by atoms with Crippen molar-refractivity contribution in [1.82, 2.24) is 19.4 Å². The normalized spacial score (nSPS) is 22.1. The summed E-state index contributed by atoms with van der Waals surface area (Å²) in [6.07, 6.45) is 9.11. The number of rotatable bonds is 5. The van der Waals surface area contributed by atoms with Gasteiger partial charge in [-0.1, -0.05) is 31.4 Å². The maximum absolute atomic E-state index is 14.3. The number of aromatic nitrogens is 2. The zero-order valence-electron chi connectivity index (χ0n) is 20.1. The Balaban J connectivity index is 1.70. The second-order valence-electron chi connectivity index (χ2n) is 10.1. The van der Waals surface area contributed by atoms with Crippen LogP contribution in [0.3, 0.4) is 0 Å². The van der Waals surface area contributed by atoms with Crippen molar-refractivity contribution >= 4 is 22.7 Å². The van der Waals surface area contributed by atoms with Gasteiger partial charge in [-0.2, -0.15) is 0 Å². The number of fused-ring (bicyclic) bond motifs is 3. The van der Waals surface area contributed by atoms with Crippen LogP contribution >= 0.6 is 0 Å². The number of carbonyl (C=O) groups excluding carboxylic acids is 2. The Morgan fingerprint density at radius 3 is 2.58 bits per heavy atom. The number of amides is 2. The minimum Gasteiger partial charge on any atom is -0.351 e. The lowest BCUT2D eigenvalue weighted by atomic mass is 9.91. The Kier molecular flexibility index (Phi) is 5.34. The van der Waals surface area contributed by atoms with Crippen LogP contribution in [0.25, 0.3) is 16.6 Å². The van der Waals surface area contributed by atoms with Crippen molar-refractivity contribution in [3.63, 3.8) is 0 Å². The number of hydrogen-bond acceptors (Lipinski definition) is 2. The number of nitrogens with one attached hydrogen (secondary N) is 1. The molecule has 33 heavy (non-hydrogen) atoms. The first-order valence-electron chi connectivity index (χ1n) is 12.3. The van der Waals surface area contributed by atoms with Gasteiger partial charge < -0.3 is 19.4 Å². The molecule has 2 aliphatic rings. The zero-order valence-corrected chi connectivity index (χ0v) is 20.1. The van der Waals surface area contributed by atoms with Crippen molar-refractivity contribution in [1.29, 1.82) is 0 Å². The van der Waals surface area contributed by atoms with E-state index in [0.717, 1.165) is 54.3 Å². The molecular formula is C27H34N4O2. The van der Waals surface area contributed by atoms with Gasteiger partial charge in [0.1, 0.15) is 11.2 Å². The summed E-state index contributed by atoms with van der Waals surface area (Å²) in [7, 11) is 0. The molecule has 2 atom stereocenters. The second-order valence-corrected chi connectivity index (χ2v) is 10.1. The maximum atomic E-state index is 14.3. The van der Waals surface area contributed by atoms with Crippen LogP contribution in [0.5, 0.6) is 0 Å². The molecule has 6 nitrogen and oxygen atoms in total. The summed E-state index contributed by atoms with van der Waals surface area (Å²) in [5, 5.41) is 4.33. The molecule has 1 aliphatic carbocycles. The molecule has 1 aliphatic heterocycles. The van der Waals surface area contributed by atoms with Crippen LogP contribution in [0.2, 0.25) is 0 Å². The SMILES string of the molecule is CCC(C)N1C(=O)c2c(-n3cccc3)c3cc(C)ccc3n2CC1(C)C(=O)NC1CCCC1. The first-order chi connectivity index (χ1) is 15.8. The lowest BCUT2D eigenvalue weighted by Gasteiger charge is -2.47. The lowest BCUT2D eigenvalue weighted by Crippen LogP contribution is -2.66. The summed E-state index contributed by atoms with van der Waals surface area (Å²) >= 11 is 0. The van der Waals surface area contributed by atoms with Gasteiger partial charge in [0.2, 0.25) is 5.91 Å². The molecular weight excluding hydrogens is 412 g/mol. The fraction of sp³-hybridized carbons (Fsp3) is 0.481. The maximum Gasteiger partial charge on any atom is 0.273 e. The van der Waals surface area contributed by atoms with Crippen LogP contribution in [0.1, 0.15) is 68.9 Å². The summed E-state index contributed by atoms with van der Waals surface area (Å²) in [6.45, 7) is 8.59. The monoisotopic (exact) mass is 446 g/mol. The second kappa shape index (κ2) is 8.08. The van der Waals surface area contributed by atoms with Crippen LogP contribution in [0, 0.1) is 6.92 Å². The van der Waals surface area contributed by atoms with Crippen LogP contribution in [-0.2, 0) is 11.3 Å². The first kappa shape index (κ1) is 21.8. The molecule has 2 aromatic heterocycles. The Morgan fingerprint density at radius 1 is 1.21 bits per heavy atom. The van der Waals surface area contributed by atoms with Crippen molar-refractivity contribution in [2.75, 3.05) is 0 Å². The molecule has 3 aromatic rings. The highest BCUT2D eigenvalue weighted by atomic mass is 16.2. The van der Waals surface area contributed by atoms with Crippen LogP contribution in [0.4, 0.5) is 0 Å². The number of benzene rings is 1.